The Bertz CT molecular complexity index is 897. The molecule has 29 heavy (non-hydrogen) atoms. The number of rotatable bonds is 4. The van der Waals surface area contributed by atoms with Crippen LogP contribution in [0.2, 0.25) is 0 Å². The number of methoxy groups -OCH3 is 1. The van der Waals surface area contributed by atoms with Crippen LogP contribution in [-0.4, -0.2) is 85.0 Å². The summed E-state index contributed by atoms with van der Waals surface area (Å²) in [6.45, 7) is 3.76. The number of hydrogen-bond acceptors (Lipinski definition) is 8. The van der Waals surface area contributed by atoms with E-state index in [0.29, 0.717) is 25.1 Å². The van der Waals surface area contributed by atoms with Crippen molar-refractivity contribution in [2.75, 3.05) is 33.8 Å². The van der Waals surface area contributed by atoms with Gasteiger partial charge in [0.1, 0.15) is 6.04 Å². The normalized spacial score (nSPS) is 27.9. The molecule has 0 spiro atoms. The number of piperazine rings is 1. The van der Waals surface area contributed by atoms with E-state index in [1.807, 2.05) is 16.8 Å². The van der Waals surface area contributed by atoms with E-state index < -0.39 is 29.6 Å². The van der Waals surface area contributed by atoms with Gasteiger partial charge in [-0.15, -0.1) is 0 Å². The highest BCUT2D eigenvalue weighted by Crippen LogP contribution is 2.39. The Labute approximate surface area is 168 Å². The largest absolute Gasteiger partial charge is 0.492 e. The van der Waals surface area contributed by atoms with Gasteiger partial charge in [-0.25, -0.2) is 0 Å². The Hall–Kier alpha value is -2.83. The van der Waals surface area contributed by atoms with E-state index in [1.54, 1.807) is 6.92 Å². The van der Waals surface area contributed by atoms with Crippen LogP contribution >= 0.6 is 0 Å². The second kappa shape index (κ2) is 7.89. The molecule has 1 N–H and O–H groups in total. The smallest absolute Gasteiger partial charge is 0.287 e. The molecule has 2 aliphatic heterocycles. The SMILES string of the molecule is COC1=C(C)C(=O)C2=C(C1=O)[C@@H](CNC(=O)C(C)=O)N1[C@@H](C2)CN(C)C[C@@H]1C#N. The van der Waals surface area contributed by atoms with Gasteiger partial charge >= 0.3 is 0 Å². The highest BCUT2D eigenvalue weighted by atomic mass is 16.5. The van der Waals surface area contributed by atoms with E-state index in [-0.39, 0.29) is 35.3 Å². The van der Waals surface area contributed by atoms with Gasteiger partial charge in [0, 0.05) is 49.3 Å². The van der Waals surface area contributed by atoms with E-state index >= 15 is 0 Å². The summed E-state index contributed by atoms with van der Waals surface area (Å²) in [7, 11) is 3.24. The molecule has 3 aliphatic rings. The van der Waals surface area contributed by atoms with Gasteiger partial charge < -0.3 is 15.0 Å². The van der Waals surface area contributed by atoms with Crippen LogP contribution in [0.4, 0.5) is 0 Å². The molecule has 1 saturated heterocycles. The van der Waals surface area contributed by atoms with Crippen LogP contribution in [0.15, 0.2) is 22.5 Å². The summed E-state index contributed by atoms with van der Waals surface area (Å²) in [5.41, 5.74) is 0.920. The van der Waals surface area contributed by atoms with Crippen LogP contribution in [-0.2, 0) is 23.9 Å². The Kier molecular flexibility index (Phi) is 5.68. The molecule has 3 atom stereocenters. The quantitative estimate of drug-likeness (QED) is 0.488. The number of Topliss-reactive ketones (excluding diaryl/α,β-unsaturated/α-hetero) is 3. The number of hydrogen-bond donors (Lipinski definition) is 1. The van der Waals surface area contributed by atoms with Crippen molar-refractivity contribution < 1.29 is 23.9 Å². The van der Waals surface area contributed by atoms with Crippen LogP contribution < -0.4 is 5.32 Å². The molecule has 0 radical (unpaired) electrons. The van der Waals surface area contributed by atoms with Crippen LogP contribution in [0.5, 0.6) is 0 Å². The topological polar surface area (TPSA) is 120 Å². The van der Waals surface area contributed by atoms with Crippen molar-refractivity contribution in [1.82, 2.24) is 15.1 Å². The fraction of sp³-hybridized carbons (Fsp3) is 0.550. The highest BCUT2D eigenvalue weighted by Gasteiger charge is 2.49. The van der Waals surface area contributed by atoms with Crippen LogP contribution in [0.1, 0.15) is 20.3 Å². The first-order chi connectivity index (χ1) is 13.7. The molecule has 0 saturated carbocycles. The Morgan fingerprint density at radius 1 is 1.28 bits per heavy atom. The lowest BCUT2D eigenvalue weighted by Crippen LogP contribution is -2.65. The van der Waals surface area contributed by atoms with E-state index in [2.05, 4.69) is 11.4 Å². The number of likely N-dealkylation sites (N-methyl/N-ethyl adjacent to an activating group) is 1. The van der Waals surface area contributed by atoms with E-state index in [1.165, 1.54) is 7.11 Å². The molecule has 1 aliphatic carbocycles. The minimum Gasteiger partial charge on any atom is -0.492 e. The second-order valence-corrected chi connectivity index (χ2v) is 7.66. The first kappa shape index (κ1) is 20.9. The molecule has 0 unspecified atom stereocenters. The van der Waals surface area contributed by atoms with Crippen molar-refractivity contribution in [3.05, 3.63) is 22.5 Å². The fourth-order valence-corrected chi connectivity index (χ4v) is 4.51. The first-order valence-electron chi connectivity index (χ1n) is 9.42. The number of carbonyl (C=O) groups is 4. The van der Waals surface area contributed by atoms with E-state index in [0.717, 1.165) is 6.92 Å². The lowest BCUT2D eigenvalue weighted by atomic mass is 9.76. The first-order valence-corrected chi connectivity index (χ1v) is 9.42. The van der Waals surface area contributed by atoms with E-state index in [4.69, 9.17) is 4.74 Å². The molecule has 1 amide bonds. The molecule has 0 aromatic rings. The van der Waals surface area contributed by atoms with Gasteiger partial charge in [-0.05, 0) is 20.4 Å². The third-order valence-electron chi connectivity index (χ3n) is 5.78. The number of nitriles is 1. The zero-order chi connectivity index (χ0) is 21.5. The lowest BCUT2D eigenvalue weighted by molar-refractivity contribution is -0.136. The number of nitrogens with one attached hydrogen (secondary N) is 1. The maximum atomic E-state index is 13.2. The minimum absolute atomic E-state index is 0.0160. The second-order valence-electron chi connectivity index (χ2n) is 7.66. The van der Waals surface area contributed by atoms with Crippen molar-refractivity contribution in [3.8, 4) is 6.07 Å². The van der Waals surface area contributed by atoms with Crippen molar-refractivity contribution >= 4 is 23.3 Å². The van der Waals surface area contributed by atoms with Crippen molar-refractivity contribution in [3.63, 3.8) is 0 Å². The molecule has 154 valence electrons. The molecule has 9 nitrogen and oxygen atoms in total. The number of allylic oxidation sites excluding steroid dienone is 2. The van der Waals surface area contributed by atoms with Gasteiger partial charge in [0.2, 0.25) is 11.6 Å². The third-order valence-corrected chi connectivity index (χ3v) is 5.78. The molecule has 0 aromatic heterocycles. The molecule has 0 aromatic carbocycles. The third kappa shape index (κ3) is 3.50. The predicted octanol–water partition coefficient (Wildman–Crippen LogP) is -0.659. The van der Waals surface area contributed by atoms with Crippen molar-refractivity contribution in [2.45, 2.75) is 38.4 Å². The Balaban J connectivity index is 2.08. The average molecular weight is 400 g/mol. The maximum Gasteiger partial charge on any atom is 0.287 e. The summed E-state index contributed by atoms with van der Waals surface area (Å²) in [6.07, 6.45) is 0.341. The molecular weight excluding hydrogens is 376 g/mol. The van der Waals surface area contributed by atoms with Gasteiger partial charge in [-0.3, -0.25) is 24.1 Å². The Morgan fingerprint density at radius 2 is 1.97 bits per heavy atom. The fourth-order valence-electron chi connectivity index (χ4n) is 4.51. The molecule has 0 bridgehead atoms. The highest BCUT2D eigenvalue weighted by molar-refractivity contribution is 6.35. The number of ether oxygens (including phenoxy) is 1. The molecule has 9 heteroatoms. The van der Waals surface area contributed by atoms with Gasteiger partial charge in [-0.2, -0.15) is 5.26 Å². The van der Waals surface area contributed by atoms with Crippen LogP contribution in [0.25, 0.3) is 0 Å². The predicted molar refractivity (Wildman–Crippen MR) is 101 cm³/mol. The summed E-state index contributed by atoms with van der Waals surface area (Å²) in [6, 6.07) is 0.895. The molecule has 1 fully saturated rings. The van der Waals surface area contributed by atoms with Crippen molar-refractivity contribution in [1.29, 1.82) is 5.26 Å². The maximum absolute atomic E-state index is 13.2. The zero-order valence-corrected chi connectivity index (χ0v) is 16.9. The summed E-state index contributed by atoms with van der Waals surface area (Å²) in [5.74, 6) is -2.10. The summed E-state index contributed by atoms with van der Waals surface area (Å²) < 4.78 is 5.20. The summed E-state index contributed by atoms with van der Waals surface area (Å²) >= 11 is 0. The number of carbonyl (C=O) groups excluding carboxylic acids is 4. The van der Waals surface area contributed by atoms with Crippen molar-refractivity contribution in [2.24, 2.45) is 0 Å². The summed E-state index contributed by atoms with van der Waals surface area (Å²) in [4.78, 5) is 53.3. The van der Waals surface area contributed by atoms with Gasteiger partial charge in [0.05, 0.1) is 19.2 Å². The van der Waals surface area contributed by atoms with Gasteiger partial charge in [-0.1, -0.05) is 0 Å². The minimum atomic E-state index is -0.773. The van der Waals surface area contributed by atoms with Crippen LogP contribution in [0.3, 0.4) is 0 Å². The number of fused-ring (bicyclic) bond motifs is 1. The number of nitrogens with zero attached hydrogens (tertiary/aromatic N) is 3. The standard InChI is InChI=1S/C20H24N4O5/c1-10-17(26)14-5-12-8-23(3)9-13(6-21)24(12)15(7-22-20(28)11(2)25)16(14)18(27)19(10)29-4/h12-13,15H,5,7-9H2,1-4H3,(H,22,28)/t12-,13-,15+/m0/s1. The molecule has 2 heterocycles. The molecule has 3 rings (SSSR count). The van der Waals surface area contributed by atoms with Gasteiger partial charge in [0.15, 0.2) is 11.5 Å². The van der Waals surface area contributed by atoms with Crippen LogP contribution in [0, 0.1) is 11.3 Å². The lowest BCUT2D eigenvalue weighted by Gasteiger charge is -2.51. The Morgan fingerprint density at radius 3 is 2.55 bits per heavy atom. The van der Waals surface area contributed by atoms with Gasteiger partial charge in [0.25, 0.3) is 5.91 Å². The number of ketones is 3. The summed E-state index contributed by atoms with van der Waals surface area (Å²) in [5, 5.41) is 12.3. The molecular formula is C20H24N4O5. The monoisotopic (exact) mass is 400 g/mol. The zero-order valence-electron chi connectivity index (χ0n) is 16.9. The number of amides is 1. The average Bonchev–Trinajstić information content (AvgIpc) is 2.68. The van der Waals surface area contributed by atoms with E-state index in [9.17, 15) is 24.4 Å².